The van der Waals surface area contributed by atoms with Crippen LogP contribution in [0, 0.1) is 0 Å². The molecule has 0 aliphatic heterocycles. The molecule has 0 aromatic heterocycles. The number of nitrogens with one attached hydrogen (secondary N) is 1. The van der Waals surface area contributed by atoms with Crippen molar-refractivity contribution >= 4 is 21.6 Å². The van der Waals surface area contributed by atoms with Gasteiger partial charge in [0.2, 0.25) is 0 Å². The van der Waals surface area contributed by atoms with Crippen LogP contribution in [-0.4, -0.2) is 43.5 Å². The summed E-state index contributed by atoms with van der Waals surface area (Å²) < 4.78 is 31.2. The van der Waals surface area contributed by atoms with Crippen molar-refractivity contribution in [2.45, 2.75) is 83.3 Å². The van der Waals surface area contributed by atoms with Crippen molar-refractivity contribution in [3.63, 3.8) is 0 Å². The van der Waals surface area contributed by atoms with Crippen LogP contribution < -0.4 is 5.32 Å². The number of carbonyl (C=O) groups excluding carboxylic acids is 1. The number of anilines is 1. The van der Waals surface area contributed by atoms with Crippen LogP contribution in [0.25, 0.3) is 0 Å². The summed E-state index contributed by atoms with van der Waals surface area (Å²) in [6, 6.07) is 13.1. The molecule has 0 bridgehead atoms. The fraction of sp³-hybridized carbons (Fsp3) is 0.519. The average molecular weight is 487 g/mol. The first-order chi connectivity index (χ1) is 15.9. The van der Waals surface area contributed by atoms with Crippen LogP contribution in [0.1, 0.15) is 70.6 Å². The minimum atomic E-state index is -3.46. The van der Waals surface area contributed by atoms with Gasteiger partial charge >= 0.3 is 6.09 Å². The molecule has 1 aliphatic carbocycles. The molecule has 1 amide bonds. The molecule has 7 heteroatoms. The lowest BCUT2D eigenvalue weighted by Crippen LogP contribution is -2.44. The molecule has 1 atom stereocenters. The number of sulfone groups is 1. The van der Waals surface area contributed by atoms with Crippen LogP contribution in [0.5, 0.6) is 0 Å². The van der Waals surface area contributed by atoms with Crippen molar-refractivity contribution in [3.05, 3.63) is 59.2 Å². The molecule has 1 N–H and O–H groups in total. The van der Waals surface area contributed by atoms with Gasteiger partial charge in [-0.25, -0.2) is 13.2 Å². The maximum absolute atomic E-state index is 12.8. The second-order valence-electron chi connectivity index (χ2n) is 10.4. The van der Waals surface area contributed by atoms with E-state index in [1.807, 2.05) is 56.0 Å². The number of amides is 1. The van der Waals surface area contributed by atoms with Gasteiger partial charge in [-0.15, -0.1) is 0 Å². The standard InChI is InChI=1S/C27H38N2O4S/c1-7-14-29(26(30)33-27(4,5)6)24-16-21-8-11-23(15-22(21)17-24)28-18-34(31,32)25-12-9-20(10-13-25)19(2)3/h8-13,15,19,24,28H,7,14,16-18H2,1-6H3/t24-/m0/s1. The number of ether oxygens (including phenoxy) is 1. The topological polar surface area (TPSA) is 75.7 Å². The first-order valence-corrected chi connectivity index (χ1v) is 13.7. The van der Waals surface area contributed by atoms with Gasteiger partial charge in [0.25, 0.3) is 0 Å². The third kappa shape index (κ3) is 6.53. The van der Waals surface area contributed by atoms with Crippen molar-refractivity contribution in [3.8, 4) is 0 Å². The first-order valence-electron chi connectivity index (χ1n) is 12.1. The number of carbonyl (C=O) groups is 1. The van der Waals surface area contributed by atoms with Crippen molar-refractivity contribution in [1.29, 1.82) is 0 Å². The molecule has 186 valence electrons. The summed E-state index contributed by atoms with van der Waals surface area (Å²) >= 11 is 0. The highest BCUT2D eigenvalue weighted by Gasteiger charge is 2.32. The first kappa shape index (κ1) is 26.1. The van der Waals surface area contributed by atoms with Crippen LogP contribution in [0.15, 0.2) is 47.4 Å². The van der Waals surface area contributed by atoms with E-state index in [-0.39, 0.29) is 18.0 Å². The highest BCUT2D eigenvalue weighted by Crippen LogP contribution is 2.29. The van der Waals surface area contributed by atoms with E-state index in [0.29, 0.717) is 17.4 Å². The quantitative estimate of drug-likeness (QED) is 0.513. The summed E-state index contributed by atoms with van der Waals surface area (Å²) in [5, 5.41) is 3.08. The Hall–Kier alpha value is -2.54. The van der Waals surface area contributed by atoms with Gasteiger partial charge in [-0.05, 0) is 86.9 Å². The molecule has 0 fully saturated rings. The Bertz CT molecular complexity index is 1100. The number of nitrogens with zero attached hydrogens (tertiary/aromatic N) is 1. The second-order valence-corrected chi connectivity index (χ2v) is 12.4. The summed E-state index contributed by atoms with van der Waals surface area (Å²) in [4.78, 5) is 14.9. The van der Waals surface area contributed by atoms with Crippen LogP contribution in [0.4, 0.5) is 10.5 Å². The Kier molecular flexibility index (Phi) is 7.96. The van der Waals surface area contributed by atoms with Gasteiger partial charge in [0.15, 0.2) is 9.84 Å². The van der Waals surface area contributed by atoms with Gasteiger partial charge in [-0.1, -0.05) is 39.0 Å². The zero-order valence-corrected chi connectivity index (χ0v) is 22.0. The van der Waals surface area contributed by atoms with Crippen molar-refractivity contribution < 1.29 is 17.9 Å². The average Bonchev–Trinajstić information content (AvgIpc) is 3.17. The van der Waals surface area contributed by atoms with Gasteiger partial charge in [-0.2, -0.15) is 0 Å². The third-order valence-electron chi connectivity index (χ3n) is 6.02. The molecule has 2 aromatic rings. The molecular weight excluding hydrogens is 448 g/mol. The Morgan fingerprint density at radius 1 is 1.09 bits per heavy atom. The Morgan fingerprint density at radius 2 is 1.74 bits per heavy atom. The fourth-order valence-electron chi connectivity index (χ4n) is 4.23. The molecule has 0 unspecified atom stereocenters. The predicted molar refractivity (Wildman–Crippen MR) is 137 cm³/mol. The SMILES string of the molecule is CCCN(C(=O)OC(C)(C)C)[C@H]1Cc2ccc(NCS(=O)(=O)c3ccc(C(C)C)cc3)cc2C1. The maximum Gasteiger partial charge on any atom is 0.410 e. The van der Waals surface area contributed by atoms with E-state index in [1.165, 1.54) is 5.56 Å². The van der Waals surface area contributed by atoms with E-state index >= 15 is 0 Å². The monoisotopic (exact) mass is 486 g/mol. The summed E-state index contributed by atoms with van der Waals surface area (Å²) in [7, 11) is -3.46. The molecule has 0 saturated heterocycles. The normalized spacial score (nSPS) is 15.8. The van der Waals surface area contributed by atoms with E-state index in [2.05, 4.69) is 26.1 Å². The Balaban J connectivity index is 1.67. The van der Waals surface area contributed by atoms with Crippen molar-refractivity contribution in [1.82, 2.24) is 4.90 Å². The minimum absolute atomic E-state index is 0.0447. The van der Waals surface area contributed by atoms with Crippen LogP contribution in [-0.2, 0) is 27.4 Å². The summed E-state index contributed by atoms with van der Waals surface area (Å²) in [5.41, 5.74) is 3.67. The number of benzene rings is 2. The van der Waals surface area contributed by atoms with Gasteiger partial charge in [0, 0.05) is 18.3 Å². The lowest BCUT2D eigenvalue weighted by Gasteiger charge is -2.31. The Morgan fingerprint density at radius 3 is 2.32 bits per heavy atom. The smallest absolute Gasteiger partial charge is 0.410 e. The van der Waals surface area contributed by atoms with Crippen LogP contribution >= 0.6 is 0 Å². The summed E-state index contributed by atoms with van der Waals surface area (Å²) in [6.07, 6.45) is 2.08. The van der Waals surface area contributed by atoms with E-state index in [4.69, 9.17) is 4.74 Å². The van der Waals surface area contributed by atoms with E-state index in [9.17, 15) is 13.2 Å². The van der Waals surface area contributed by atoms with E-state index < -0.39 is 15.4 Å². The molecule has 34 heavy (non-hydrogen) atoms. The molecular formula is C27H38N2O4S. The van der Waals surface area contributed by atoms with Gasteiger partial charge in [-0.3, -0.25) is 0 Å². The number of rotatable bonds is 8. The Labute approximate surface area is 204 Å². The molecule has 0 spiro atoms. The molecule has 0 saturated carbocycles. The molecule has 2 aromatic carbocycles. The molecule has 3 rings (SSSR count). The lowest BCUT2D eigenvalue weighted by molar-refractivity contribution is 0.0169. The lowest BCUT2D eigenvalue weighted by atomic mass is 10.0. The number of hydrogen-bond acceptors (Lipinski definition) is 5. The molecule has 6 nitrogen and oxygen atoms in total. The highest BCUT2D eigenvalue weighted by atomic mass is 32.2. The zero-order valence-electron chi connectivity index (χ0n) is 21.2. The van der Waals surface area contributed by atoms with Gasteiger partial charge in [0.05, 0.1) is 4.90 Å². The molecule has 0 heterocycles. The largest absolute Gasteiger partial charge is 0.444 e. The van der Waals surface area contributed by atoms with Crippen molar-refractivity contribution in [2.24, 2.45) is 0 Å². The highest BCUT2D eigenvalue weighted by molar-refractivity contribution is 7.91. The second kappa shape index (κ2) is 10.4. The molecule has 1 aliphatic rings. The van der Waals surface area contributed by atoms with Crippen LogP contribution in [0.3, 0.4) is 0 Å². The zero-order chi connectivity index (χ0) is 25.1. The third-order valence-corrected chi connectivity index (χ3v) is 7.54. The van der Waals surface area contributed by atoms with E-state index in [0.717, 1.165) is 36.1 Å². The fourth-order valence-corrected chi connectivity index (χ4v) is 5.31. The number of fused-ring (bicyclic) bond motifs is 1. The predicted octanol–water partition coefficient (Wildman–Crippen LogP) is 5.77. The van der Waals surface area contributed by atoms with E-state index in [1.54, 1.807) is 12.1 Å². The summed E-state index contributed by atoms with van der Waals surface area (Å²) in [6.45, 7) is 12.5. The summed E-state index contributed by atoms with van der Waals surface area (Å²) in [5.74, 6) is 0.185. The van der Waals surface area contributed by atoms with Gasteiger partial charge in [0.1, 0.15) is 11.5 Å². The maximum atomic E-state index is 12.8. The molecule has 0 radical (unpaired) electrons. The van der Waals surface area contributed by atoms with Gasteiger partial charge < -0.3 is 15.0 Å². The number of hydrogen-bond donors (Lipinski definition) is 1. The van der Waals surface area contributed by atoms with Crippen LogP contribution in [0.2, 0.25) is 0 Å². The minimum Gasteiger partial charge on any atom is -0.444 e. The van der Waals surface area contributed by atoms with Crippen molar-refractivity contribution in [2.75, 3.05) is 17.7 Å².